The van der Waals surface area contributed by atoms with Gasteiger partial charge in [0.15, 0.2) is 9.84 Å². The predicted molar refractivity (Wildman–Crippen MR) is 70.7 cm³/mol. The third-order valence-electron chi connectivity index (χ3n) is 2.54. The Morgan fingerprint density at radius 1 is 1.26 bits per heavy atom. The zero-order chi connectivity index (χ0) is 14.0. The van der Waals surface area contributed by atoms with Gasteiger partial charge in [-0.3, -0.25) is 4.98 Å². The molecule has 2 rings (SSSR count). The van der Waals surface area contributed by atoms with Gasteiger partial charge in [-0.25, -0.2) is 12.8 Å². The number of nitrogens with zero attached hydrogens (tertiary/aromatic N) is 1. The molecule has 2 N–H and O–H groups in total. The van der Waals surface area contributed by atoms with E-state index in [9.17, 15) is 12.8 Å². The van der Waals surface area contributed by atoms with E-state index in [0.29, 0.717) is 5.69 Å². The van der Waals surface area contributed by atoms with Crippen molar-refractivity contribution < 1.29 is 12.8 Å². The summed E-state index contributed by atoms with van der Waals surface area (Å²) in [6.07, 6.45) is 0. The topological polar surface area (TPSA) is 73.0 Å². The van der Waals surface area contributed by atoms with Crippen LogP contribution in [0.15, 0.2) is 41.3 Å². The molecule has 0 saturated heterocycles. The van der Waals surface area contributed by atoms with E-state index in [1.165, 1.54) is 6.07 Å². The van der Waals surface area contributed by atoms with E-state index in [1.807, 2.05) is 0 Å². The van der Waals surface area contributed by atoms with Crippen molar-refractivity contribution in [2.24, 2.45) is 0 Å². The Kier molecular flexibility index (Phi) is 3.53. The van der Waals surface area contributed by atoms with Crippen molar-refractivity contribution in [3.05, 3.63) is 53.6 Å². The number of halogens is 1. The van der Waals surface area contributed by atoms with Gasteiger partial charge in [0, 0.05) is 11.4 Å². The van der Waals surface area contributed by atoms with Crippen LogP contribution in [0.2, 0.25) is 0 Å². The second-order valence-corrected chi connectivity index (χ2v) is 6.24. The highest BCUT2D eigenvalue weighted by molar-refractivity contribution is 7.90. The number of nitrogen functional groups attached to an aromatic ring is 1. The summed E-state index contributed by atoms with van der Waals surface area (Å²) in [5.74, 6) is -0.951. The van der Waals surface area contributed by atoms with E-state index in [4.69, 9.17) is 5.73 Å². The lowest BCUT2D eigenvalue weighted by Gasteiger charge is -2.06. The van der Waals surface area contributed by atoms with Crippen molar-refractivity contribution >= 4 is 15.5 Å². The average Bonchev–Trinajstić information content (AvgIpc) is 2.26. The van der Waals surface area contributed by atoms with Crippen LogP contribution in [-0.4, -0.2) is 13.4 Å². The van der Waals surface area contributed by atoms with Crippen LogP contribution in [0.3, 0.4) is 0 Å². The molecule has 100 valence electrons. The first kappa shape index (κ1) is 13.5. The molecule has 0 aliphatic carbocycles. The molecule has 1 aromatic heterocycles. The van der Waals surface area contributed by atoms with E-state index < -0.39 is 15.7 Å². The summed E-state index contributed by atoms with van der Waals surface area (Å²) in [6, 6.07) is 8.40. The molecule has 2 aromatic rings. The molecule has 0 radical (unpaired) electrons. The van der Waals surface area contributed by atoms with Gasteiger partial charge in [0.05, 0.1) is 16.3 Å². The maximum Gasteiger partial charge on any atom is 0.184 e. The highest BCUT2D eigenvalue weighted by Gasteiger charge is 2.17. The highest BCUT2D eigenvalue weighted by atomic mass is 32.2. The number of anilines is 1. The Morgan fingerprint density at radius 2 is 2.00 bits per heavy atom. The number of aryl methyl sites for hydroxylation is 1. The number of sulfone groups is 1. The molecule has 0 atom stereocenters. The fourth-order valence-electron chi connectivity index (χ4n) is 1.72. The van der Waals surface area contributed by atoms with Gasteiger partial charge in [0.2, 0.25) is 0 Å². The van der Waals surface area contributed by atoms with Gasteiger partial charge < -0.3 is 5.73 Å². The van der Waals surface area contributed by atoms with Gasteiger partial charge in [-0.05, 0) is 37.3 Å². The van der Waals surface area contributed by atoms with Crippen LogP contribution in [0.5, 0.6) is 0 Å². The van der Waals surface area contributed by atoms with E-state index in [-0.39, 0.29) is 16.3 Å². The van der Waals surface area contributed by atoms with Gasteiger partial charge in [-0.15, -0.1) is 0 Å². The Balaban J connectivity index is 2.37. The standard InChI is InChI=1S/C13H13FN2O2S/c1-9-3-2-4-12(16-9)8-19(17,18)13-6-10(14)5-11(15)7-13/h2-7H,8,15H2,1H3. The monoisotopic (exact) mass is 280 g/mol. The van der Waals surface area contributed by atoms with Crippen LogP contribution in [0.25, 0.3) is 0 Å². The molecule has 0 spiro atoms. The molecule has 0 bridgehead atoms. The van der Waals surface area contributed by atoms with Crippen molar-refractivity contribution in [3.63, 3.8) is 0 Å². The van der Waals surface area contributed by atoms with E-state index in [0.717, 1.165) is 17.8 Å². The Labute approximate surface area is 111 Å². The summed E-state index contributed by atoms with van der Waals surface area (Å²) < 4.78 is 37.5. The molecule has 0 aliphatic rings. The molecule has 4 nitrogen and oxygen atoms in total. The highest BCUT2D eigenvalue weighted by Crippen LogP contribution is 2.19. The molecule has 0 saturated carbocycles. The Morgan fingerprint density at radius 3 is 2.63 bits per heavy atom. The minimum atomic E-state index is -3.66. The molecular formula is C13H13FN2O2S. The Bertz CT molecular complexity index is 694. The number of nitrogens with two attached hydrogens (primary N) is 1. The number of hydrogen-bond acceptors (Lipinski definition) is 4. The molecule has 1 heterocycles. The molecule has 0 aliphatic heterocycles. The van der Waals surface area contributed by atoms with Crippen molar-refractivity contribution in [1.82, 2.24) is 4.98 Å². The number of aromatic nitrogens is 1. The largest absolute Gasteiger partial charge is 0.399 e. The van der Waals surface area contributed by atoms with Crippen LogP contribution in [0, 0.1) is 12.7 Å². The summed E-state index contributed by atoms with van der Waals surface area (Å²) in [5.41, 5.74) is 6.68. The lowest BCUT2D eigenvalue weighted by molar-refractivity contribution is 0.589. The van der Waals surface area contributed by atoms with Crippen molar-refractivity contribution in [2.75, 3.05) is 5.73 Å². The summed E-state index contributed by atoms with van der Waals surface area (Å²) in [6.45, 7) is 1.77. The van der Waals surface area contributed by atoms with Crippen molar-refractivity contribution in [2.45, 2.75) is 17.6 Å². The van der Waals surface area contributed by atoms with Crippen LogP contribution < -0.4 is 5.73 Å². The molecule has 6 heteroatoms. The van der Waals surface area contributed by atoms with Gasteiger partial charge in [-0.1, -0.05) is 6.07 Å². The molecule has 19 heavy (non-hydrogen) atoms. The molecular weight excluding hydrogens is 267 g/mol. The normalized spacial score (nSPS) is 11.5. The van der Waals surface area contributed by atoms with E-state index in [1.54, 1.807) is 25.1 Å². The lowest BCUT2D eigenvalue weighted by Crippen LogP contribution is -2.07. The minimum Gasteiger partial charge on any atom is -0.399 e. The van der Waals surface area contributed by atoms with Crippen molar-refractivity contribution in [3.8, 4) is 0 Å². The van der Waals surface area contributed by atoms with Gasteiger partial charge in [-0.2, -0.15) is 0 Å². The number of benzene rings is 1. The summed E-state index contributed by atoms with van der Waals surface area (Å²) in [7, 11) is -3.66. The third kappa shape index (κ3) is 3.29. The predicted octanol–water partition coefficient (Wildman–Crippen LogP) is 2.09. The van der Waals surface area contributed by atoms with Crippen LogP contribution in [0.4, 0.5) is 10.1 Å². The van der Waals surface area contributed by atoms with Crippen LogP contribution >= 0.6 is 0 Å². The molecule has 0 amide bonds. The first-order valence-corrected chi connectivity index (χ1v) is 7.23. The molecule has 0 fully saturated rings. The number of pyridine rings is 1. The maximum atomic E-state index is 13.2. The summed E-state index contributed by atoms with van der Waals surface area (Å²) in [5, 5.41) is 0. The number of rotatable bonds is 3. The number of hydrogen-bond donors (Lipinski definition) is 1. The van der Waals surface area contributed by atoms with E-state index >= 15 is 0 Å². The third-order valence-corrected chi connectivity index (χ3v) is 4.17. The van der Waals surface area contributed by atoms with Gasteiger partial charge in [0.1, 0.15) is 5.82 Å². The van der Waals surface area contributed by atoms with Crippen LogP contribution in [0.1, 0.15) is 11.4 Å². The summed E-state index contributed by atoms with van der Waals surface area (Å²) >= 11 is 0. The first-order chi connectivity index (χ1) is 8.87. The lowest BCUT2D eigenvalue weighted by atomic mass is 10.3. The first-order valence-electron chi connectivity index (χ1n) is 5.58. The second kappa shape index (κ2) is 4.97. The average molecular weight is 280 g/mol. The summed E-state index contributed by atoms with van der Waals surface area (Å²) in [4.78, 5) is 3.99. The van der Waals surface area contributed by atoms with E-state index in [2.05, 4.69) is 4.98 Å². The smallest absolute Gasteiger partial charge is 0.184 e. The second-order valence-electron chi connectivity index (χ2n) is 4.25. The minimum absolute atomic E-state index is 0.0794. The molecule has 1 aromatic carbocycles. The maximum absolute atomic E-state index is 13.2. The quantitative estimate of drug-likeness (QED) is 0.874. The van der Waals surface area contributed by atoms with Crippen LogP contribution in [-0.2, 0) is 15.6 Å². The fraction of sp³-hybridized carbons (Fsp3) is 0.154. The zero-order valence-electron chi connectivity index (χ0n) is 10.3. The van der Waals surface area contributed by atoms with Gasteiger partial charge in [0.25, 0.3) is 0 Å². The SMILES string of the molecule is Cc1cccc(CS(=O)(=O)c2cc(N)cc(F)c2)n1. The van der Waals surface area contributed by atoms with Crippen molar-refractivity contribution in [1.29, 1.82) is 0 Å². The fourth-order valence-corrected chi connectivity index (χ4v) is 3.05. The Hall–Kier alpha value is -1.95. The zero-order valence-corrected chi connectivity index (χ0v) is 11.1. The van der Waals surface area contributed by atoms with Gasteiger partial charge >= 0.3 is 0 Å². The molecule has 0 unspecified atom stereocenters.